The molecular weight excluding hydrogens is 572 g/mol. The second-order valence-electron chi connectivity index (χ2n) is 9.51. The van der Waals surface area contributed by atoms with E-state index in [1.165, 1.54) is 0 Å². The number of H-pyrrole nitrogens is 2. The molecule has 4 heterocycles. The van der Waals surface area contributed by atoms with Gasteiger partial charge in [-0.3, -0.25) is 38.3 Å². The molecule has 20 nitrogen and oxygen atoms in total. The third kappa shape index (κ3) is 6.24. The van der Waals surface area contributed by atoms with Crippen molar-refractivity contribution in [3.05, 3.63) is 66.2 Å². The van der Waals surface area contributed by atoms with Crippen molar-refractivity contribution in [1.82, 2.24) is 29.7 Å². The van der Waals surface area contributed by atoms with Crippen molar-refractivity contribution in [3.8, 4) is 0 Å². The van der Waals surface area contributed by atoms with Gasteiger partial charge in [-0.05, 0) is 0 Å². The van der Waals surface area contributed by atoms with Crippen molar-refractivity contribution >= 4 is 11.8 Å². The van der Waals surface area contributed by atoms with Crippen molar-refractivity contribution in [1.29, 1.82) is 0 Å². The van der Waals surface area contributed by atoms with Crippen LogP contribution in [0.3, 0.4) is 0 Å². The monoisotopic (exact) mass is 600 g/mol. The molecule has 0 saturated carbocycles. The van der Waals surface area contributed by atoms with Crippen LogP contribution in [0.4, 0.5) is 0 Å². The van der Waals surface area contributed by atoms with Crippen LogP contribution >= 0.6 is 0 Å². The van der Waals surface area contributed by atoms with E-state index in [4.69, 9.17) is 9.47 Å². The number of hydrogen-bond acceptors (Lipinski definition) is 14. The fourth-order valence-electron chi connectivity index (χ4n) is 4.41. The molecule has 0 spiro atoms. The molecule has 0 unspecified atom stereocenters. The van der Waals surface area contributed by atoms with Crippen LogP contribution in [0, 0.1) is 0 Å². The number of aliphatic hydroxyl groups excluding tert-OH is 6. The molecule has 10 N–H and O–H groups in total. The summed E-state index contributed by atoms with van der Waals surface area (Å²) in [6.07, 6.45) is -14.6. The number of carbonyl (C=O) groups excluding carboxylic acids is 2. The summed E-state index contributed by atoms with van der Waals surface area (Å²) in [7, 11) is 0. The second kappa shape index (κ2) is 12.5. The molecule has 2 aliphatic rings. The predicted molar refractivity (Wildman–Crippen MR) is 133 cm³/mol. The summed E-state index contributed by atoms with van der Waals surface area (Å²) in [5.74, 6) is -2.56. The summed E-state index contributed by atoms with van der Waals surface area (Å²) in [5, 5.41) is 65.5. The van der Waals surface area contributed by atoms with Gasteiger partial charge >= 0.3 is 11.4 Å². The van der Waals surface area contributed by atoms with Crippen LogP contribution in [0.15, 0.2) is 43.7 Å². The quantitative estimate of drug-likeness (QED) is 0.128. The largest absolute Gasteiger partial charge is 0.387 e. The molecular formula is C22H28N6O14. The van der Waals surface area contributed by atoms with Gasteiger partial charge in [0, 0.05) is 37.6 Å². The van der Waals surface area contributed by atoms with E-state index in [0.717, 1.165) is 33.7 Å². The molecule has 2 amide bonds. The molecule has 42 heavy (non-hydrogen) atoms. The molecule has 2 aromatic rings. The maximum absolute atomic E-state index is 12.3. The van der Waals surface area contributed by atoms with Crippen molar-refractivity contribution < 1.29 is 49.7 Å². The van der Waals surface area contributed by atoms with E-state index in [9.17, 15) is 59.4 Å². The highest BCUT2D eigenvalue weighted by Gasteiger charge is 2.46. The minimum absolute atomic E-state index is 0.539. The number of nitrogens with one attached hydrogen (secondary N) is 4. The lowest BCUT2D eigenvalue weighted by molar-refractivity contribution is -0.147. The Hall–Kier alpha value is -4.02. The standard InChI is InChI=1S/C22H28N6O14/c29-9-1-3-27(21(39)25-9)19-15(35)11(31)7(41-19)5-23-17(37)13(33)14(34)18(38)24-6-8-12(32)16(36)20(42-8)28-4-2-10(30)26-22(28)40/h1-4,7-8,11-16,19-20,31-36H,5-6H2,(H,23,37)(H,24,38)(H,25,29,39)(H,26,30,40)/t7-,8-,11-,12-,13+,14+,15-,16-,19-,20-/m1/s1. The Labute approximate surface area is 232 Å². The maximum atomic E-state index is 12.3. The fraction of sp³-hybridized carbons (Fsp3) is 0.545. The van der Waals surface area contributed by atoms with E-state index in [1.807, 2.05) is 9.97 Å². The molecule has 0 radical (unpaired) electrons. The van der Waals surface area contributed by atoms with E-state index >= 15 is 0 Å². The highest BCUT2D eigenvalue weighted by atomic mass is 16.6. The lowest BCUT2D eigenvalue weighted by Gasteiger charge is -2.21. The molecule has 0 aromatic carbocycles. The van der Waals surface area contributed by atoms with Gasteiger partial charge in [-0.2, -0.15) is 0 Å². The van der Waals surface area contributed by atoms with E-state index in [2.05, 4.69) is 10.6 Å². The van der Waals surface area contributed by atoms with Crippen molar-refractivity contribution in [2.24, 2.45) is 0 Å². The molecule has 0 aliphatic carbocycles. The SMILES string of the molecule is O=C(NC[C@H]1O[C@@H](n2ccc(=O)[nH]c2=O)[C@H](O)[C@@H]1O)[C@@H](O)[C@H](O)C(=O)NC[C@H]1O[C@@H](n2ccc(=O)[nH]c2=O)[C@H](O)[C@@H]1O. The summed E-state index contributed by atoms with van der Waals surface area (Å²) in [6.45, 7) is -1.08. The number of aromatic amines is 2. The average Bonchev–Trinajstić information content (AvgIpc) is 3.39. The Morgan fingerprint density at radius 3 is 1.40 bits per heavy atom. The highest BCUT2D eigenvalue weighted by molar-refractivity contribution is 5.90. The Kier molecular flexibility index (Phi) is 9.18. The van der Waals surface area contributed by atoms with Crippen LogP contribution in [0.1, 0.15) is 12.5 Å². The molecule has 230 valence electrons. The molecule has 20 heteroatoms. The molecule has 10 atom stereocenters. The first-order chi connectivity index (χ1) is 19.8. The van der Waals surface area contributed by atoms with Crippen LogP contribution < -0.4 is 33.1 Å². The number of aliphatic hydroxyl groups is 6. The van der Waals surface area contributed by atoms with Crippen LogP contribution in [-0.2, 0) is 19.1 Å². The third-order valence-corrected chi connectivity index (χ3v) is 6.72. The van der Waals surface area contributed by atoms with E-state index in [0.29, 0.717) is 0 Å². The van der Waals surface area contributed by atoms with Crippen LogP contribution in [0.5, 0.6) is 0 Å². The molecule has 4 rings (SSSR count). The minimum Gasteiger partial charge on any atom is -0.387 e. The van der Waals surface area contributed by atoms with Crippen LogP contribution in [0.25, 0.3) is 0 Å². The number of hydrogen-bond donors (Lipinski definition) is 10. The first kappa shape index (κ1) is 30.9. The van der Waals surface area contributed by atoms with Gasteiger partial charge < -0.3 is 50.7 Å². The van der Waals surface area contributed by atoms with Gasteiger partial charge in [-0.1, -0.05) is 0 Å². The Bertz CT molecular complexity index is 1420. The highest BCUT2D eigenvalue weighted by Crippen LogP contribution is 2.29. The van der Waals surface area contributed by atoms with Gasteiger partial charge in [0.2, 0.25) is 0 Å². The lowest BCUT2D eigenvalue weighted by atomic mass is 10.1. The summed E-state index contributed by atoms with van der Waals surface area (Å²) in [6, 6.07) is 1.96. The van der Waals surface area contributed by atoms with E-state index < -0.39 is 109 Å². The molecule has 2 aromatic heterocycles. The van der Waals surface area contributed by atoms with E-state index in [-0.39, 0.29) is 0 Å². The number of rotatable bonds is 9. The number of ether oxygens (including phenoxy) is 2. The zero-order valence-corrected chi connectivity index (χ0v) is 21.3. The van der Waals surface area contributed by atoms with Crippen molar-refractivity contribution in [2.75, 3.05) is 13.1 Å². The Morgan fingerprint density at radius 2 is 1.07 bits per heavy atom. The van der Waals surface area contributed by atoms with E-state index in [1.54, 1.807) is 0 Å². The van der Waals surface area contributed by atoms with Crippen LogP contribution in [-0.4, -0.2) is 123 Å². The van der Waals surface area contributed by atoms with Gasteiger partial charge in [0.15, 0.2) is 24.7 Å². The van der Waals surface area contributed by atoms with Gasteiger partial charge in [0.1, 0.15) is 36.6 Å². The zero-order valence-electron chi connectivity index (χ0n) is 21.3. The normalized spacial score (nSPS) is 30.5. The molecule has 2 fully saturated rings. The predicted octanol–water partition coefficient (Wildman–Crippen LogP) is -7.72. The first-order valence-corrected chi connectivity index (χ1v) is 12.4. The van der Waals surface area contributed by atoms with Gasteiger partial charge in [-0.25, -0.2) is 9.59 Å². The fourth-order valence-corrected chi connectivity index (χ4v) is 4.41. The molecule has 0 bridgehead atoms. The number of nitrogens with zero attached hydrogens (tertiary/aromatic N) is 2. The summed E-state index contributed by atoms with van der Waals surface area (Å²) < 4.78 is 12.4. The lowest BCUT2D eigenvalue weighted by Crippen LogP contribution is -2.52. The average molecular weight is 600 g/mol. The number of carbonyl (C=O) groups is 2. The minimum atomic E-state index is -2.33. The van der Waals surface area contributed by atoms with Crippen molar-refractivity contribution in [2.45, 2.75) is 61.3 Å². The smallest absolute Gasteiger partial charge is 0.330 e. The molecule has 2 saturated heterocycles. The summed E-state index contributed by atoms with van der Waals surface area (Å²) in [5.41, 5.74) is -3.28. The van der Waals surface area contributed by atoms with Gasteiger partial charge in [-0.15, -0.1) is 0 Å². The zero-order chi connectivity index (χ0) is 30.9. The Morgan fingerprint density at radius 1 is 0.714 bits per heavy atom. The Balaban J connectivity index is 1.28. The van der Waals surface area contributed by atoms with Crippen LogP contribution in [0.2, 0.25) is 0 Å². The number of amides is 2. The summed E-state index contributed by atoms with van der Waals surface area (Å²) >= 11 is 0. The molecule has 2 aliphatic heterocycles. The van der Waals surface area contributed by atoms with Gasteiger partial charge in [0.25, 0.3) is 22.9 Å². The number of aromatic nitrogens is 4. The summed E-state index contributed by atoms with van der Waals surface area (Å²) in [4.78, 5) is 75.0. The topological polar surface area (TPSA) is 308 Å². The third-order valence-electron chi connectivity index (χ3n) is 6.72. The first-order valence-electron chi connectivity index (χ1n) is 12.4. The maximum Gasteiger partial charge on any atom is 0.330 e. The van der Waals surface area contributed by atoms with Crippen molar-refractivity contribution in [3.63, 3.8) is 0 Å². The van der Waals surface area contributed by atoms with Gasteiger partial charge in [0.05, 0.1) is 0 Å². The second-order valence-corrected chi connectivity index (χ2v) is 9.51.